The van der Waals surface area contributed by atoms with E-state index in [0.717, 1.165) is 36.6 Å². The first-order valence-electron chi connectivity index (χ1n) is 9.68. The molecule has 2 aromatic heterocycles. The van der Waals surface area contributed by atoms with E-state index in [1.807, 2.05) is 44.2 Å². The summed E-state index contributed by atoms with van der Waals surface area (Å²) in [5, 5.41) is 16.7. The molecule has 0 spiro atoms. The van der Waals surface area contributed by atoms with Gasteiger partial charge >= 0.3 is 0 Å². The highest BCUT2D eigenvalue weighted by atomic mass is 35.5. The summed E-state index contributed by atoms with van der Waals surface area (Å²) in [4.78, 5) is 14.8. The van der Waals surface area contributed by atoms with Crippen molar-refractivity contribution in [2.75, 3.05) is 23.3 Å². The predicted molar refractivity (Wildman–Crippen MR) is 114 cm³/mol. The number of hydrogen-bond acceptors (Lipinski definition) is 5. The molecule has 1 atom stereocenters. The number of carbonyl (C=O) groups is 1. The topological polar surface area (TPSA) is 75.9 Å². The number of nitrogens with zero attached hydrogens (tertiary/aromatic N) is 5. The Balaban J connectivity index is 1.44. The van der Waals surface area contributed by atoms with Gasteiger partial charge in [-0.1, -0.05) is 17.7 Å². The Hall–Kier alpha value is -2.93. The third-order valence-electron chi connectivity index (χ3n) is 5.07. The van der Waals surface area contributed by atoms with Crippen LogP contribution in [0.4, 0.5) is 11.5 Å². The lowest BCUT2D eigenvalue weighted by atomic mass is 9.97. The molecule has 1 fully saturated rings. The van der Waals surface area contributed by atoms with Crippen LogP contribution in [0.5, 0.6) is 0 Å². The molecule has 1 aromatic carbocycles. The van der Waals surface area contributed by atoms with Crippen molar-refractivity contribution in [2.45, 2.75) is 26.7 Å². The summed E-state index contributed by atoms with van der Waals surface area (Å²) in [6.07, 6.45) is 1.77. The van der Waals surface area contributed by atoms with Crippen LogP contribution in [-0.4, -0.2) is 39.0 Å². The number of halogens is 1. The summed E-state index contributed by atoms with van der Waals surface area (Å²) in [5.41, 5.74) is 2.67. The Labute approximate surface area is 174 Å². The number of amides is 1. The molecular weight excluding hydrogens is 388 g/mol. The third-order valence-corrected chi connectivity index (χ3v) is 5.31. The maximum absolute atomic E-state index is 12.7. The number of benzene rings is 1. The quantitative estimate of drug-likeness (QED) is 0.708. The first-order chi connectivity index (χ1) is 14.0. The van der Waals surface area contributed by atoms with Crippen molar-refractivity contribution in [3.05, 3.63) is 58.9 Å². The molecule has 150 valence electrons. The van der Waals surface area contributed by atoms with Crippen LogP contribution < -0.4 is 10.2 Å². The van der Waals surface area contributed by atoms with E-state index in [9.17, 15) is 4.79 Å². The van der Waals surface area contributed by atoms with E-state index in [1.54, 1.807) is 16.8 Å². The zero-order valence-electron chi connectivity index (χ0n) is 16.5. The lowest BCUT2D eigenvalue weighted by molar-refractivity contribution is -0.120. The van der Waals surface area contributed by atoms with Crippen LogP contribution in [0.2, 0.25) is 5.02 Å². The first-order valence-corrected chi connectivity index (χ1v) is 10.1. The number of piperidine rings is 1. The van der Waals surface area contributed by atoms with Gasteiger partial charge in [-0.3, -0.25) is 4.79 Å². The van der Waals surface area contributed by atoms with E-state index in [2.05, 4.69) is 25.5 Å². The van der Waals surface area contributed by atoms with E-state index >= 15 is 0 Å². The Morgan fingerprint density at radius 1 is 1.14 bits per heavy atom. The van der Waals surface area contributed by atoms with Gasteiger partial charge in [0.1, 0.15) is 0 Å². The molecule has 4 rings (SSSR count). The van der Waals surface area contributed by atoms with Gasteiger partial charge in [-0.2, -0.15) is 5.10 Å². The van der Waals surface area contributed by atoms with Gasteiger partial charge in [0.05, 0.1) is 11.6 Å². The summed E-state index contributed by atoms with van der Waals surface area (Å²) < 4.78 is 1.78. The zero-order valence-corrected chi connectivity index (χ0v) is 17.2. The highest BCUT2D eigenvalue weighted by Gasteiger charge is 2.27. The second kappa shape index (κ2) is 8.21. The maximum Gasteiger partial charge on any atom is 0.229 e. The fraction of sp³-hybridized carbons (Fsp3) is 0.333. The van der Waals surface area contributed by atoms with Crippen molar-refractivity contribution in [1.82, 2.24) is 20.0 Å². The van der Waals surface area contributed by atoms with Crippen LogP contribution >= 0.6 is 11.6 Å². The number of nitrogens with one attached hydrogen (secondary N) is 1. The van der Waals surface area contributed by atoms with Gasteiger partial charge in [0.25, 0.3) is 0 Å². The molecule has 1 saturated heterocycles. The molecule has 3 heterocycles. The van der Waals surface area contributed by atoms with Crippen molar-refractivity contribution in [3.8, 4) is 5.82 Å². The van der Waals surface area contributed by atoms with Crippen LogP contribution in [0.1, 0.15) is 24.2 Å². The van der Waals surface area contributed by atoms with Gasteiger partial charge < -0.3 is 10.2 Å². The average molecular weight is 411 g/mol. The van der Waals surface area contributed by atoms with Crippen molar-refractivity contribution in [3.63, 3.8) is 0 Å². The fourth-order valence-corrected chi connectivity index (χ4v) is 3.86. The molecule has 8 heteroatoms. The minimum absolute atomic E-state index is 0.00388. The fourth-order valence-electron chi connectivity index (χ4n) is 3.67. The summed E-state index contributed by atoms with van der Waals surface area (Å²) in [7, 11) is 0. The number of aryl methyl sites for hydroxylation is 2. The van der Waals surface area contributed by atoms with Crippen LogP contribution in [0.15, 0.2) is 42.5 Å². The van der Waals surface area contributed by atoms with Crippen LogP contribution in [0.25, 0.3) is 5.82 Å². The van der Waals surface area contributed by atoms with Gasteiger partial charge in [-0.15, -0.1) is 10.2 Å². The minimum atomic E-state index is -0.111. The normalized spacial score (nSPS) is 16.7. The number of anilines is 2. The van der Waals surface area contributed by atoms with Gasteiger partial charge in [0.2, 0.25) is 5.91 Å². The first kappa shape index (κ1) is 19.4. The van der Waals surface area contributed by atoms with Crippen molar-refractivity contribution < 1.29 is 4.79 Å². The Morgan fingerprint density at radius 3 is 2.62 bits per heavy atom. The molecule has 1 N–H and O–H groups in total. The lowest BCUT2D eigenvalue weighted by Crippen LogP contribution is -2.41. The van der Waals surface area contributed by atoms with Crippen LogP contribution in [0, 0.1) is 19.8 Å². The highest BCUT2D eigenvalue weighted by Crippen LogP contribution is 2.24. The number of carbonyl (C=O) groups excluding carboxylic acids is 1. The molecular formula is C21H23ClN6O. The van der Waals surface area contributed by atoms with Crippen molar-refractivity contribution in [1.29, 1.82) is 0 Å². The largest absolute Gasteiger partial charge is 0.354 e. The maximum atomic E-state index is 12.7. The lowest BCUT2D eigenvalue weighted by Gasteiger charge is -2.32. The predicted octanol–water partition coefficient (Wildman–Crippen LogP) is 3.79. The molecule has 1 unspecified atom stereocenters. The van der Waals surface area contributed by atoms with Crippen molar-refractivity contribution in [2.24, 2.45) is 5.92 Å². The number of hydrogen-bond donors (Lipinski definition) is 1. The highest BCUT2D eigenvalue weighted by molar-refractivity contribution is 6.30. The molecule has 29 heavy (non-hydrogen) atoms. The van der Waals surface area contributed by atoms with Gasteiger partial charge in [-0.25, -0.2) is 4.68 Å². The number of rotatable bonds is 4. The number of aromatic nitrogens is 4. The second-order valence-corrected chi connectivity index (χ2v) is 7.81. The Morgan fingerprint density at radius 2 is 1.93 bits per heavy atom. The van der Waals surface area contributed by atoms with Gasteiger partial charge in [0.15, 0.2) is 11.6 Å². The van der Waals surface area contributed by atoms with E-state index in [4.69, 9.17) is 11.6 Å². The second-order valence-electron chi connectivity index (χ2n) is 7.37. The average Bonchev–Trinajstić information content (AvgIpc) is 3.06. The summed E-state index contributed by atoms with van der Waals surface area (Å²) in [5.74, 6) is 1.35. The smallest absolute Gasteiger partial charge is 0.229 e. The molecule has 1 aliphatic rings. The summed E-state index contributed by atoms with van der Waals surface area (Å²) >= 11 is 6.00. The van der Waals surface area contributed by atoms with E-state index in [-0.39, 0.29) is 11.8 Å². The monoisotopic (exact) mass is 410 g/mol. The SMILES string of the molecule is Cc1cc(C)n(-c2ccc(N3CCCC(C(=O)Nc4cccc(Cl)c4)C3)nn2)n1. The van der Waals surface area contributed by atoms with Crippen LogP contribution in [0.3, 0.4) is 0 Å². The van der Waals surface area contributed by atoms with Crippen LogP contribution in [-0.2, 0) is 4.79 Å². The molecule has 0 radical (unpaired) electrons. The molecule has 3 aromatic rings. The summed E-state index contributed by atoms with van der Waals surface area (Å²) in [6, 6.07) is 13.1. The minimum Gasteiger partial charge on any atom is -0.354 e. The molecule has 1 amide bonds. The Bertz CT molecular complexity index is 1020. The molecule has 0 bridgehead atoms. The zero-order chi connectivity index (χ0) is 20.4. The van der Waals surface area contributed by atoms with Crippen molar-refractivity contribution >= 4 is 29.0 Å². The van der Waals surface area contributed by atoms with E-state index in [1.165, 1.54) is 0 Å². The van der Waals surface area contributed by atoms with Gasteiger partial charge in [0, 0.05) is 29.5 Å². The molecule has 7 nitrogen and oxygen atoms in total. The van der Waals surface area contributed by atoms with E-state index < -0.39 is 0 Å². The standard InChI is InChI=1S/C21H23ClN6O/c1-14-11-15(2)28(26-14)20-9-8-19(24-25-20)27-10-4-5-16(13-27)21(29)23-18-7-3-6-17(22)12-18/h3,6-9,11-12,16H,4-5,10,13H2,1-2H3,(H,23,29). The van der Waals surface area contributed by atoms with Gasteiger partial charge in [-0.05, 0) is 63.1 Å². The van der Waals surface area contributed by atoms with E-state index in [0.29, 0.717) is 23.1 Å². The third kappa shape index (κ3) is 4.40. The molecule has 0 aliphatic carbocycles. The molecule has 1 aliphatic heterocycles. The molecule has 0 saturated carbocycles. The Kier molecular flexibility index (Phi) is 5.49. The summed E-state index contributed by atoms with van der Waals surface area (Å²) in [6.45, 7) is 5.41.